The minimum atomic E-state index is -3.27. The molecule has 0 unspecified atom stereocenters. The molecule has 0 spiro atoms. The summed E-state index contributed by atoms with van der Waals surface area (Å²) in [5.74, 6) is 0. The topological polar surface area (TPSA) is 49.4 Å². The molecule has 18 heavy (non-hydrogen) atoms. The van der Waals surface area contributed by atoms with Crippen molar-refractivity contribution in [1.82, 2.24) is 9.62 Å². The lowest BCUT2D eigenvalue weighted by Gasteiger charge is -2.29. The van der Waals surface area contributed by atoms with Gasteiger partial charge in [-0.05, 0) is 19.4 Å². The van der Waals surface area contributed by atoms with E-state index in [-0.39, 0.29) is 0 Å². The highest BCUT2D eigenvalue weighted by molar-refractivity contribution is 7.90. The van der Waals surface area contributed by atoms with E-state index in [1.807, 2.05) is 30.3 Å². The van der Waals surface area contributed by atoms with Crippen LogP contribution in [0.2, 0.25) is 0 Å². The number of benzene rings is 1. The SMILES string of the molecule is CC1(C)CNCCN(Cc2ccccc2)S1(=O)=O. The molecule has 0 saturated carbocycles. The fourth-order valence-electron chi connectivity index (χ4n) is 2.11. The van der Waals surface area contributed by atoms with Crippen molar-refractivity contribution >= 4 is 10.0 Å². The Morgan fingerprint density at radius 3 is 2.61 bits per heavy atom. The average molecular weight is 268 g/mol. The molecule has 1 aromatic rings. The molecular formula is C13H20N2O2S. The molecule has 100 valence electrons. The Balaban J connectivity index is 2.26. The molecule has 0 radical (unpaired) electrons. The van der Waals surface area contributed by atoms with Crippen LogP contribution in [0.1, 0.15) is 19.4 Å². The van der Waals surface area contributed by atoms with Crippen molar-refractivity contribution in [2.45, 2.75) is 25.1 Å². The number of nitrogens with one attached hydrogen (secondary N) is 1. The third-order valence-electron chi connectivity index (χ3n) is 3.33. The molecule has 1 heterocycles. The average Bonchev–Trinajstić information content (AvgIpc) is 2.42. The summed E-state index contributed by atoms with van der Waals surface area (Å²) in [5, 5.41) is 3.19. The molecule has 1 saturated heterocycles. The smallest absolute Gasteiger partial charge is 0.220 e. The van der Waals surface area contributed by atoms with E-state index >= 15 is 0 Å². The molecule has 1 N–H and O–H groups in total. The molecule has 0 atom stereocenters. The fourth-order valence-corrected chi connectivity index (χ4v) is 3.74. The highest BCUT2D eigenvalue weighted by Crippen LogP contribution is 2.23. The van der Waals surface area contributed by atoms with Gasteiger partial charge in [0.25, 0.3) is 0 Å². The molecule has 4 nitrogen and oxygen atoms in total. The highest BCUT2D eigenvalue weighted by Gasteiger charge is 2.40. The van der Waals surface area contributed by atoms with Gasteiger partial charge in [-0.25, -0.2) is 8.42 Å². The minimum absolute atomic E-state index is 0.453. The van der Waals surface area contributed by atoms with Crippen LogP contribution >= 0.6 is 0 Å². The summed E-state index contributed by atoms with van der Waals surface area (Å²) in [6, 6.07) is 9.72. The van der Waals surface area contributed by atoms with E-state index in [4.69, 9.17) is 0 Å². The first-order chi connectivity index (χ1) is 8.43. The molecule has 0 amide bonds. The lowest BCUT2D eigenvalue weighted by atomic mass is 10.2. The molecule has 1 fully saturated rings. The van der Waals surface area contributed by atoms with Gasteiger partial charge in [0.05, 0.1) is 4.75 Å². The van der Waals surface area contributed by atoms with Gasteiger partial charge < -0.3 is 5.32 Å². The summed E-state index contributed by atoms with van der Waals surface area (Å²) in [4.78, 5) is 0. The van der Waals surface area contributed by atoms with Gasteiger partial charge in [-0.2, -0.15) is 4.31 Å². The maximum absolute atomic E-state index is 12.5. The normalized spacial score (nSPS) is 23.4. The van der Waals surface area contributed by atoms with Crippen LogP contribution < -0.4 is 5.32 Å². The number of rotatable bonds is 2. The summed E-state index contributed by atoms with van der Waals surface area (Å²) in [6.45, 7) is 5.74. The number of nitrogens with zero attached hydrogens (tertiary/aromatic N) is 1. The second-order valence-electron chi connectivity index (χ2n) is 5.26. The van der Waals surface area contributed by atoms with Crippen LogP contribution in [-0.4, -0.2) is 37.1 Å². The van der Waals surface area contributed by atoms with Gasteiger partial charge in [0.2, 0.25) is 10.0 Å². The van der Waals surface area contributed by atoms with Crippen LogP contribution in [0.15, 0.2) is 30.3 Å². The van der Waals surface area contributed by atoms with Gasteiger partial charge in [0.15, 0.2) is 0 Å². The Hall–Kier alpha value is -0.910. The minimum Gasteiger partial charge on any atom is -0.314 e. The predicted molar refractivity (Wildman–Crippen MR) is 72.7 cm³/mol. The summed E-state index contributed by atoms with van der Waals surface area (Å²) < 4.78 is 25.9. The van der Waals surface area contributed by atoms with Gasteiger partial charge in [-0.3, -0.25) is 0 Å². The van der Waals surface area contributed by atoms with E-state index in [1.54, 1.807) is 18.2 Å². The van der Waals surface area contributed by atoms with Crippen molar-refractivity contribution in [3.63, 3.8) is 0 Å². The molecular weight excluding hydrogens is 248 g/mol. The number of hydrogen-bond acceptors (Lipinski definition) is 3. The largest absolute Gasteiger partial charge is 0.314 e. The summed E-state index contributed by atoms with van der Waals surface area (Å²) >= 11 is 0. The van der Waals surface area contributed by atoms with Crippen molar-refractivity contribution in [2.75, 3.05) is 19.6 Å². The quantitative estimate of drug-likeness (QED) is 0.877. The van der Waals surface area contributed by atoms with Crippen molar-refractivity contribution in [2.24, 2.45) is 0 Å². The third kappa shape index (κ3) is 2.58. The zero-order chi connectivity index (χ0) is 13.2. The van der Waals surface area contributed by atoms with Crippen LogP contribution in [0.3, 0.4) is 0 Å². The first-order valence-electron chi connectivity index (χ1n) is 6.18. The van der Waals surface area contributed by atoms with Crippen LogP contribution in [0.4, 0.5) is 0 Å². The van der Waals surface area contributed by atoms with E-state index in [0.717, 1.165) is 5.56 Å². The number of hydrogen-bond donors (Lipinski definition) is 1. The van der Waals surface area contributed by atoms with Gasteiger partial charge in [-0.1, -0.05) is 30.3 Å². The van der Waals surface area contributed by atoms with E-state index in [0.29, 0.717) is 26.2 Å². The second-order valence-corrected chi connectivity index (χ2v) is 7.83. The number of sulfonamides is 1. The first-order valence-corrected chi connectivity index (χ1v) is 7.62. The van der Waals surface area contributed by atoms with Crippen molar-refractivity contribution < 1.29 is 8.42 Å². The summed E-state index contributed by atoms with van der Waals surface area (Å²) in [6.07, 6.45) is 0. The molecule has 0 aliphatic carbocycles. The maximum Gasteiger partial charge on any atom is 0.220 e. The fraction of sp³-hybridized carbons (Fsp3) is 0.538. The zero-order valence-electron chi connectivity index (χ0n) is 10.9. The van der Waals surface area contributed by atoms with E-state index in [1.165, 1.54) is 0 Å². The van der Waals surface area contributed by atoms with E-state index in [2.05, 4.69) is 5.32 Å². The lowest BCUT2D eigenvalue weighted by Crippen LogP contribution is -2.45. The molecule has 5 heteroatoms. The molecule has 2 rings (SSSR count). The highest BCUT2D eigenvalue weighted by atomic mass is 32.2. The van der Waals surface area contributed by atoms with Gasteiger partial charge in [0, 0.05) is 26.2 Å². The van der Waals surface area contributed by atoms with Gasteiger partial charge in [0.1, 0.15) is 0 Å². The molecule has 0 bridgehead atoms. The summed E-state index contributed by atoms with van der Waals surface area (Å²) in [5.41, 5.74) is 1.03. The second kappa shape index (κ2) is 4.99. The Kier molecular flexibility index (Phi) is 3.75. The van der Waals surface area contributed by atoms with Crippen molar-refractivity contribution in [1.29, 1.82) is 0 Å². The van der Waals surface area contributed by atoms with Crippen LogP contribution in [0, 0.1) is 0 Å². The van der Waals surface area contributed by atoms with Crippen LogP contribution in [0.5, 0.6) is 0 Å². The summed E-state index contributed by atoms with van der Waals surface area (Å²) in [7, 11) is -3.27. The monoisotopic (exact) mass is 268 g/mol. The van der Waals surface area contributed by atoms with Crippen molar-refractivity contribution in [3.8, 4) is 0 Å². The Labute approximate surface area is 109 Å². The Morgan fingerprint density at radius 2 is 1.94 bits per heavy atom. The first kappa shape index (κ1) is 13.5. The Bertz CT molecular complexity index is 497. The van der Waals surface area contributed by atoms with E-state index < -0.39 is 14.8 Å². The third-order valence-corrected chi connectivity index (χ3v) is 5.86. The molecule has 1 aliphatic rings. The van der Waals surface area contributed by atoms with E-state index in [9.17, 15) is 8.42 Å². The zero-order valence-corrected chi connectivity index (χ0v) is 11.7. The predicted octanol–water partition coefficient (Wildman–Crippen LogP) is 1.20. The Morgan fingerprint density at radius 1 is 1.28 bits per heavy atom. The van der Waals surface area contributed by atoms with Crippen LogP contribution in [-0.2, 0) is 16.6 Å². The molecule has 1 aliphatic heterocycles. The molecule has 1 aromatic carbocycles. The van der Waals surface area contributed by atoms with Crippen molar-refractivity contribution in [3.05, 3.63) is 35.9 Å². The van der Waals surface area contributed by atoms with Gasteiger partial charge in [-0.15, -0.1) is 0 Å². The molecule has 0 aromatic heterocycles. The standard InChI is InChI=1S/C13H20N2O2S/c1-13(2)11-14-8-9-15(18(13,16)17)10-12-6-4-3-5-7-12/h3-7,14H,8-11H2,1-2H3. The van der Waals surface area contributed by atoms with Crippen LogP contribution in [0.25, 0.3) is 0 Å². The van der Waals surface area contributed by atoms with Gasteiger partial charge >= 0.3 is 0 Å². The lowest BCUT2D eigenvalue weighted by molar-refractivity contribution is 0.407. The maximum atomic E-state index is 12.5.